The Kier molecular flexibility index (Phi) is 4.89. The molecule has 0 radical (unpaired) electrons. The molecular weight excluding hydrogens is 342 g/mol. The largest absolute Gasteiger partial charge is 0.335 e. The van der Waals surface area contributed by atoms with Crippen molar-refractivity contribution in [1.29, 1.82) is 0 Å². The fraction of sp³-hybridized carbons (Fsp3) is 0.471. The predicted molar refractivity (Wildman–Crippen MR) is 92.9 cm³/mol. The van der Waals surface area contributed by atoms with Crippen molar-refractivity contribution < 1.29 is 17.7 Å². The summed E-state index contributed by atoms with van der Waals surface area (Å²) in [5.74, 6) is 1.02. The lowest BCUT2D eigenvalue weighted by atomic mass is 10.1. The van der Waals surface area contributed by atoms with Crippen molar-refractivity contribution in [2.24, 2.45) is 0 Å². The van der Waals surface area contributed by atoms with Gasteiger partial charge in [-0.2, -0.15) is 4.98 Å². The minimum absolute atomic E-state index is 0.0537. The van der Waals surface area contributed by atoms with E-state index in [1.807, 2.05) is 6.92 Å². The number of nitrogens with zero attached hydrogens (tertiary/aromatic N) is 3. The second-order valence-electron chi connectivity index (χ2n) is 6.28. The number of hydrogen-bond donors (Lipinski definition) is 0. The summed E-state index contributed by atoms with van der Waals surface area (Å²) in [6, 6.07) is 6.70. The summed E-state index contributed by atoms with van der Waals surface area (Å²) in [5, 5.41) is 3.75. The third kappa shape index (κ3) is 3.89. The molecule has 1 aliphatic rings. The molecule has 25 heavy (non-hydrogen) atoms. The summed E-state index contributed by atoms with van der Waals surface area (Å²) in [6.45, 7) is 4.26. The number of sulfone groups is 1. The van der Waals surface area contributed by atoms with Crippen LogP contribution in [0.1, 0.15) is 35.9 Å². The van der Waals surface area contributed by atoms with E-state index in [1.54, 1.807) is 36.1 Å². The van der Waals surface area contributed by atoms with E-state index in [0.717, 1.165) is 12.0 Å². The van der Waals surface area contributed by atoms with Crippen LogP contribution in [-0.4, -0.2) is 53.5 Å². The van der Waals surface area contributed by atoms with E-state index in [4.69, 9.17) is 4.52 Å². The smallest absolute Gasteiger partial charge is 0.257 e. The van der Waals surface area contributed by atoms with E-state index in [9.17, 15) is 13.2 Å². The quantitative estimate of drug-likeness (QED) is 0.807. The average Bonchev–Trinajstić information content (AvgIpc) is 3.17. The number of carbonyl (C=O) groups excluding carboxylic acids is 1. The first-order valence-electron chi connectivity index (χ1n) is 8.32. The van der Waals surface area contributed by atoms with Crippen molar-refractivity contribution in [3.63, 3.8) is 0 Å². The molecule has 3 rings (SSSR count). The van der Waals surface area contributed by atoms with Gasteiger partial charge < -0.3 is 9.42 Å². The van der Waals surface area contributed by atoms with E-state index < -0.39 is 9.84 Å². The van der Waals surface area contributed by atoms with E-state index in [-0.39, 0.29) is 23.5 Å². The van der Waals surface area contributed by atoms with Crippen LogP contribution < -0.4 is 0 Å². The van der Waals surface area contributed by atoms with Crippen molar-refractivity contribution >= 4 is 15.7 Å². The highest BCUT2D eigenvalue weighted by Gasteiger charge is 2.34. The summed E-state index contributed by atoms with van der Waals surface area (Å²) >= 11 is 0. The molecule has 8 heteroatoms. The minimum atomic E-state index is -3.04. The summed E-state index contributed by atoms with van der Waals surface area (Å²) in [7, 11) is -3.04. The van der Waals surface area contributed by atoms with Gasteiger partial charge in [-0.25, -0.2) is 8.42 Å². The molecule has 7 nitrogen and oxygen atoms in total. The first kappa shape index (κ1) is 17.6. The van der Waals surface area contributed by atoms with Crippen LogP contribution in [0.3, 0.4) is 0 Å². The Bertz CT molecular complexity index is 858. The molecule has 1 saturated heterocycles. The molecule has 0 aliphatic carbocycles. The minimum Gasteiger partial charge on any atom is -0.335 e. The van der Waals surface area contributed by atoms with Crippen LogP contribution in [0, 0.1) is 6.92 Å². The van der Waals surface area contributed by atoms with Gasteiger partial charge in [-0.3, -0.25) is 4.79 Å². The summed E-state index contributed by atoms with van der Waals surface area (Å²) < 4.78 is 28.6. The van der Waals surface area contributed by atoms with Crippen molar-refractivity contribution in [3.05, 3.63) is 35.7 Å². The Balaban J connectivity index is 1.80. The van der Waals surface area contributed by atoms with E-state index in [2.05, 4.69) is 10.1 Å². The van der Waals surface area contributed by atoms with Gasteiger partial charge in [0, 0.05) is 23.7 Å². The average molecular weight is 363 g/mol. The number of rotatable bonds is 5. The Morgan fingerprint density at radius 1 is 1.32 bits per heavy atom. The normalized spacial score (nSPS) is 19.0. The monoisotopic (exact) mass is 363 g/mol. The van der Waals surface area contributed by atoms with Crippen molar-refractivity contribution in [3.8, 4) is 11.5 Å². The molecule has 1 atom stereocenters. The number of amides is 1. The van der Waals surface area contributed by atoms with Gasteiger partial charge in [0.2, 0.25) is 0 Å². The molecule has 1 aromatic heterocycles. The Morgan fingerprint density at radius 2 is 2.04 bits per heavy atom. The number of carbonyl (C=O) groups is 1. The van der Waals surface area contributed by atoms with Gasteiger partial charge >= 0.3 is 0 Å². The highest BCUT2D eigenvalue weighted by molar-refractivity contribution is 7.91. The lowest BCUT2D eigenvalue weighted by Gasteiger charge is -2.28. The molecule has 1 fully saturated rings. The second-order valence-corrected chi connectivity index (χ2v) is 8.51. The standard InChI is InChI=1S/C17H21N3O4S/c1-3-9-20(15-8-10-25(22,23)11-15)17(21)14-6-4-13(5-7-14)16-18-12(2)19-24-16/h4-7,15H,3,8-11H2,1-2H3. The highest BCUT2D eigenvalue weighted by Crippen LogP contribution is 2.22. The fourth-order valence-electron chi connectivity index (χ4n) is 3.05. The SMILES string of the molecule is CCCN(C(=O)c1ccc(-c2nc(C)no2)cc1)C1CCS(=O)(=O)C1. The Labute approximate surface area is 146 Å². The van der Waals surface area contributed by atoms with Gasteiger partial charge in [0.1, 0.15) is 0 Å². The van der Waals surface area contributed by atoms with Crippen LogP contribution in [-0.2, 0) is 9.84 Å². The van der Waals surface area contributed by atoms with Gasteiger partial charge in [-0.15, -0.1) is 0 Å². The zero-order valence-electron chi connectivity index (χ0n) is 14.3. The first-order chi connectivity index (χ1) is 11.9. The van der Waals surface area contributed by atoms with E-state index in [1.165, 1.54) is 0 Å². The van der Waals surface area contributed by atoms with E-state index in [0.29, 0.717) is 30.2 Å². The zero-order valence-corrected chi connectivity index (χ0v) is 15.1. The van der Waals surface area contributed by atoms with Gasteiger partial charge in [0.25, 0.3) is 11.8 Å². The number of benzene rings is 1. The maximum absolute atomic E-state index is 12.9. The Morgan fingerprint density at radius 3 is 2.56 bits per heavy atom. The van der Waals surface area contributed by atoms with Crippen LogP contribution in [0.4, 0.5) is 0 Å². The molecule has 0 bridgehead atoms. The third-order valence-corrected chi connectivity index (χ3v) is 6.03. The summed E-state index contributed by atoms with van der Waals surface area (Å²) in [5.41, 5.74) is 1.26. The lowest BCUT2D eigenvalue weighted by molar-refractivity contribution is 0.0697. The van der Waals surface area contributed by atoms with Gasteiger partial charge in [-0.05, 0) is 44.0 Å². The van der Waals surface area contributed by atoms with Gasteiger partial charge in [0.15, 0.2) is 15.7 Å². The number of aromatic nitrogens is 2. The predicted octanol–water partition coefficient (Wildman–Crippen LogP) is 2.08. The van der Waals surface area contributed by atoms with Crippen molar-refractivity contribution in [2.45, 2.75) is 32.7 Å². The van der Waals surface area contributed by atoms with Crippen LogP contribution in [0.15, 0.2) is 28.8 Å². The Hall–Kier alpha value is -2.22. The molecule has 1 aromatic carbocycles. The summed E-state index contributed by atoms with van der Waals surface area (Å²) in [6.07, 6.45) is 1.29. The van der Waals surface area contributed by atoms with Crippen molar-refractivity contribution in [2.75, 3.05) is 18.1 Å². The first-order valence-corrected chi connectivity index (χ1v) is 10.1. The second kappa shape index (κ2) is 6.95. The lowest BCUT2D eigenvalue weighted by Crippen LogP contribution is -2.41. The van der Waals surface area contributed by atoms with Crippen LogP contribution in [0.2, 0.25) is 0 Å². The molecule has 1 aliphatic heterocycles. The summed E-state index contributed by atoms with van der Waals surface area (Å²) in [4.78, 5) is 18.7. The molecular formula is C17H21N3O4S. The van der Waals surface area contributed by atoms with Crippen LogP contribution in [0.25, 0.3) is 11.5 Å². The van der Waals surface area contributed by atoms with Crippen molar-refractivity contribution in [1.82, 2.24) is 15.0 Å². The maximum atomic E-state index is 12.9. The number of aryl methyl sites for hydroxylation is 1. The molecule has 2 heterocycles. The van der Waals surface area contributed by atoms with Gasteiger partial charge in [0.05, 0.1) is 11.5 Å². The molecule has 0 saturated carbocycles. The molecule has 0 N–H and O–H groups in total. The molecule has 1 unspecified atom stereocenters. The van der Waals surface area contributed by atoms with E-state index >= 15 is 0 Å². The molecule has 134 valence electrons. The topological polar surface area (TPSA) is 93.4 Å². The fourth-order valence-corrected chi connectivity index (χ4v) is 4.78. The molecule has 1 amide bonds. The van der Waals surface area contributed by atoms with Crippen LogP contribution >= 0.6 is 0 Å². The maximum Gasteiger partial charge on any atom is 0.257 e. The third-order valence-electron chi connectivity index (χ3n) is 4.28. The van der Waals surface area contributed by atoms with Crippen LogP contribution in [0.5, 0.6) is 0 Å². The molecule has 2 aromatic rings. The zero-order chi connectivity index (χ0) is 18.0. The molecule has 0 spiro atoms. The highest BCUT2D eigenvalue weighted by atomic mass is 32.2. The number of hydrogen-bond acceptors (Lipinski definition) is 6. The van der Waals surface area contributed by atoms with Gasteiger partial charge in [-0.1, -0.05) is 12.1 Å².